The second kappa shape index (κ2) is 5.00. The van der Waals surface area contributed by atoms with E-state index in [4.69, 9.17) is 0 Å². The predicted molar refractivity (Wildman–Crippen MR) is 68.6 cm³/mol. The highest BCUT2D eigenvalue weighted by Crippen LogP contribution is 2.20. The van der Waals surface area contributed by atoms with E-state index in [-0.39, 0.29) is 10.7 Å². The van der Waals surface area contributed by atoms with E-state index in [0.717, 1.165) is 25.9 Å². The van der Waals surface area contributed by atoms with Gasteiger partial charge in [-0.2, -0.15) is 0 Å². The number of carbonyl (C=O) groups excluding carboxylic acids is 1. The highest BCUT2D eigenvalue weighted by molar-refractivity contribution is 9.10. The average Bonchev–Trinajstić information content (AvgIpc) is 2.62. The number of hydrogen-bond donors (Lipinski definition) is 0. The Labute approximate surface area is 105 Å². The van der Waals surface area contributed by atoms with Gasteiger partial charge in [-0.05, 0) is 24.0 Å². The zero-order valence-corrected chi connectivity index (χ0v) is 11.0. The Morgan fingerprint density at radius 3 is 2.44 bits per heavy atom. The molecule has 0 saturated carbocycles. The number of halogens is 1. The molecule has 1 aromatic rings. The first-order valence-electron chi connectivity index (χ1n) is 5.71. The molecule has 1 fully saturated rings. The standard InChI is InChI=1S/C13H16BrNO/c1-2-10-3-5-11(6-4-10)9-15-8-7-12(14)13(15)16/h3-6,12H,2,7-9H2,1H3. The predicted octanol–water partition coefficient (Wildman–Crippen LogP) is 2.74. The molecule has 1 saturated heterocycles. The highest BCUT2D eigenvalue weighted by atomic mass is 79.9. The maximum Gasteiger partial charge on any atom is 0.236 e. The van der Waals surface area contributed by atoms with Crippen molar-refractivity contribution < 1.29 is 4.79 Å². The summed E-state index contributed by atoms with van der Waals surface area (Å²) in [5.41, 5.74) is 2.56. The lowest BCUT2D eigenvalue weighted by Crippen LogP contribution is -2.26. The first-order valence-corrected chi connectivity index (χ1v) is 6.63. The van der Waals surface area contributed by atoms with E-state index in [1.807, 2.05) is 4.90 Å². The summed E-state index contributed by atoms with van der Waals surface area (Å²) in [4.78, 5) is 13.7. The summed E-state index contributed by atoms with van der Waals surface area (Å²) < 4.78 is 0. The van der Waals surface area contributed by atoms with Gasteiger partial charge in [-0.3, -0.25) is 4.79 Å². The Bertz CT molecular complexity index is 374. The number of hydrogen-bond acceptors (Lipinski definition) is 1. The van der Waals surface area contributed by atoms with E-state index in [1.165, 1.54) is 11.1 Å². The molecular formula is C13H16BrNO. The minimum Gasteiger partial charge on any atom is -0.337 e. The van der Waals surface area contributed by atoms with Gasteiger partial charge in [0.2, 0.25) is 5.91 Å². The summed E-state index contributed by atoms with van der Waals surface area (Å²) in [5, 5.41) is 0. The Morgan fingerprint density at radius 2 is 1.94 bits per heavy atom. The van der Waals surface area contributed by atoms with Gasteiger partial charge < -0.3 is 4.90 Å². The topological polar surface area (TPSA) is 20.3 Å². The van der Waals surface area contributed by atoms with Crippen LogP contribution in [0.3, 0.4) is 0 Å². The maximum absolute atomic E-state index is 11.7. The second-order valence-corrected chi connectivity index (χ2v) is 5.29. The summed E-state index contributed by atoms with van der Waals surface area (Å²) >= 11 is 3.39. The molecule has 1 aliphatic rings. The first kappa shape index (κ1) is 11.6. The van der Waals surface area contributed by atoms with Crippen molar-refractivity contribution >= 4 is 21.8 Å². The van der Waals surface area contributed by atoms with Crippen LogP contribution in [0.4, 0.5) is 0 Å². The monoisotopic (exact) mass is 281 g/mol. The SMILES string of the molecule is CCc1ccc(CN2CCC(Br)C2=O)cc1. The van der Waals surface area contributed by atoms with Gasteiger partial charge in [0, 0.05) is 13.1 Å². The fourth-order valence-electron chi connectivity index (χ4n) is 1.96. The van der Waals surface area contributed by atoms with Crippen molar-refractivity contribution in [2.45, 2.75) is 31.1 Å². The van der Waals surface area contributed by atoms with Crippen molar-refractivity contribution in [2.75, 3.05) is 6.54 Å². The molecule has 0 aliphatic carbocycles. The first-order chi connectivity index (χ1) is 7.70. The molecule has 0 bridgehead atoms. The van der Waals surface area contributed by atoms with Crippen LogP contribution < -0.4 is 0 Å². The summed E-state index contributed by atoms with van der Waals surface area (Å²) in [7, 11) is 0. The van der Waals surface area contributed by atoms with Crippen molar-refractivity contribution in [3.05, 3.63) is 35.4 Å². The zero-order valence-electron chi connectivity index (χ0n) is 9.45. The quantitative estimate of drug-likeness (QED) is 0.781. The van der Waals surface area contributed by atoms with Crippen LogP contribution in [0, 0.1) is 0 Å². The fraction of sp³-hybridized carbons (Fsp3) is 0.462. The Morgan fingerprint density at radius 1 is 1.31 bits per heavy atom. The molecule has 2 rings (SSSR count). The fourth-order valence-corrected chi connectivity index (χ4v) is 2.45. The minimum absolute atomic E-state index is 0.0300. The lowest BCUT2D eigenvalue weighted by Gasteiger charge is -2.15. The van der Waals surface area contributed by atoms with Gasteiger partial charge in [-0.1, -0.05) is 47.1 Å². The number of rotatable bonds is 3. The molecule has 1 atom stereocenters. The van der Waals surface area contributed by atoms with Crippen molar-refractivity contribution in [3.8, 4) is 0 Å². The van der Waals surface area contributed by atoms with Gasteiger partial charge in [-0.15, -0.1) is 0 Å². The largest absolute Gasteiger partial charge is 0.337 e. The summed E-state index contributed by atoms with van der Waals surface area (Å²) in [6.07, 6.45) is 1.98. The average molecular weight is 282 g/mol. The molecule has 3 heteroatoms. The van der Waals surface area contributed by atoms with E-state index in [1.54, 1.807) is 0 Å². The van der Waals surface area contributed by atoms with Crippen LogP contribution in [0.5, 0.6) is 0 Å². The number of benzene rings is 1. The van der Waals surface area contributed by atoms with Crippen LogP contribution in [-0.2, 0) is 17.8 Å². The van der Waals surface area contributed by atoms with Crippen LogP contribution in [0.1, 0.15) is 24.5 Å². The molecule has 1 amide bonds. The molecule has 0 radical (unpaired) electrons. The van der Waals surface area contributed by atoms with E-state index < -0.39 is 0 Å². The summed E-state index contributed by atoms with van der Waals surface area (Å²) in [6, 6.07) is 8.52. The molecule has 1 aromatic carbocycles. The van der Waals surface area contributed by atoms with E-state index in [2.05, 4.69) is 47.1 Å². The number of carbonyl (C=O) groups is 1. The van der Waals surface area contributed by atoms with Crippen molar-refractivity contribution in [1.82, 2.24) is 4.90 Å². The summed E-state index contributed by atoms with van der Waals surface area (Å²) in [5.74, 6) is 0.222. The lowest BCUT2D eigenvalue weighted by molar-refractivity contribution is -0.127. The van der Waals surface area contributed by atoms with Crippen LogP contribution in [-0.4, -0.2) is 22.2 Å². The van der Waals surface area contributed by atoms with Crippen molar-refractivity contribution in [1.29, 1.82) is 0 Å². The maximum atomic E-state index is 11.7. The summed E-state index contributed by atoms with van der Waals surface area (Å²) in [6.45, 7) is 3.75. The molecule has 1 heterocycles. The van der Waals surface area contributed by atoms with Crippen molar-refractivity contribution in [3.63, 3.8) is 0 Å². The molecule has 86 valence electrons. The molecular weight excluding hydrogens is 266 g/mol. The Kier molecular flexibility index (Phi) is 3.64. The minimum atomic E-state index is 0.0300. The molecule has 0 spiro atoms. The third-order valence-electron chi connectivity index (χ3n) is 3.04. The molecule has 1 aliphatic heterocycles. The molecule has 2 nitrogen and oxygen atoms in total. The molecule has 0 aromatic heterocycles. The third-order valence-corrected chi connectivity index (χ3v) is 3.89. The number of likely N-dealkylation sites (tertiary alicyclic amines) is 1. The van der Waals surface area contributed by atoms with Gasteiger partial charge in [0.25, 0.3) is 0 Å². The number of alkyl halides is 1. The third kappa shape index (κ3) is 2.46. The van der Waals surface area contributed by atoms with E-state index in [0.29, 0.717) is 0 Å². The number of aryl methyl sites for hydroxylation is 1. The van der Waals surface area contributed by atoms with Gasteiger partial charge in [-0.25, -0.2) is 0 Å². The Hall–Kier alpha value is -0.830. The molecule has 0 N–H and O–H groups in total. The number of amides is 1. The van der Waals surface area contributed by atoms with Crippen molar-refractivity contribution in [2.24, 2.45) is 0 Å². The zero-order chi connectivity index (χ0) is 11.5. The van der Waals surface area contributed by atoms with E-state index >= 15 is 0 Å². The van der Waals surface area contributed by atoms with Crippen LogP contribution in [0.25, 0.3) is 0 Å². The lowest BCUT2D eigenvalue weighted by atomic mass is 10.1. The smallest absolute Gasteiger partial charge is 0.236 e. The van der Waals surface area contributed by atoms with Crippen LogP contribution in [0.2, 0.25) is 0 Å². The van der Waals surface area contributed by atoms with E-state index in [9.17, 15) is 4.79 Å². The molecule has 1 unspecified atom stereocenters. The Balaban J connectivity index is 2.01. The number of nitrogens with zero attached hydrogens (tertiary/aromatic N) is 1. The van der Waals surface area contributed by atoms with Gasteiger partial charge in [0.1, 0.15) is 0 Å². The van der Waals surface area contributed by atoms with Gasteiger partial charge >= 0.3 is 0 Å². The normalized spacial score (nSPS) is 20.5. The highest BCUT2D eigenvalue weighted by Gasteiger charge is 2.28. The van der Waals surface area contributed by atoms with Gasteiger partial charge in [0.15, 0.2) is 0 Å². The van der Waals surface area contributed by atoms with Crippen LogP contribution in [0.15, 0.2) is 24.3 Å². The van der Waals surface area contributed by atoms with Crippen LogP contribution >= 0.6 is 15.9 Å². The van der Waals surface area contributed by atoms with Gasteiger partial charge in [0.05, 0.1) is 4.83 Å². The molecule has 16 heavy (non-hydrogen) atoms. The second-order valence-electron chi connectivity index (χ2n) is 4.19.